The van der Waals surface area contributed by atoms with Gasteiger partial charge in [-0.1, -0.05) is 82.9 Å². The molecule has 0 amide bonds. The molecule has 0 fully saturated rings. The quantitative estimate of drug-likeness (QED) is 0.0615. The number of nitrogens with one attached hydrogen (secondary N) is 2. The summed E-state index contributed by atoms with van der Waals surface area (Å²) in [5.74, 6) is -2.77. The molecule has 572 valence electrons. The summed E-state index contributed by atoms with van der Waals surface area (Å²) in [5, 5.41) is 73.5. The Labute approximate surface area is 654 Å². The minimum Gasteiger partial charge on any atom is -0.872 e. The van der Waals surface area contributed by atoms with Gasteiger partial charge in [-0.2, -0.15) is 0 Å². The van der Waals surface area contributed by atoms with Crippen LogP contribution < -0.4 is 57.9 Å². The molecule has 20 heteroatoms. The van der Waals surface area contributed by atoms with Crippen molar-refractivity contribution in [1.82, 2.24) is 0 Å². The van der Waals surface area contributed by atoms with Crippen molar-refractivity contribution < 1.29 is 62.4 Å². The normalized spacial score (nSPS) is 11.6. The fraction of sp³-hybridized carbons (Fsp3) is 0.149. The molecule has 4 aliphatic carbocycles. The molecule has 0 bridgehead atoms. The SMILES string of the molecule is CCN=c1cc2oc3cc(NCC)c(C)cc3c(-c3ccc(C)cc3C(=O)[O-])c-2cc1C.CCN=c1ccc2c(-c3ccc(C)cc3C(=O)[O-])c3ccc(N(C)C)cc3oc-2c1.Cc1ccc(-c2c3ccc(=N)cc-3oc3cc(N)ccc23)c(C(=O)[O-])c1.Cc1ccc(-c2c3ccc(=O)cc-3oc3cc([O-])ccc23)c(C(=O)O)c1. The summed E-state index contributed by atoms with van der Waals surface area (Å²) in [5.41, 5.74) is 24.8. The topological polar surface area (TPSA) is 340 Å². The summed E-state index contributed by atoms with van der Waals surface area (Å²) in [6.45, 7) is 19.6. The van der Waals surface area contributed by atoms with E-state index >= 15 is 0 Å². The van der Waals surface area contributed by atoms with Crippen LogP contribution in [0, 0.1) is 47.0 Å². The molecule has 0 radical (unpaired) electrons. The highest BCUT2D eigenvalue weighted by Crippen LogP contribution is 2.47. The standard InChI is InChI=1S/C27H28N2O3.C25H24N2O3.C21H16N2O3.C21H14O5/c1-6-28-22-13-24-20(11-16(22)4)26(18-9-8-15(3)10-19(18)27(30)31)21-12-17(5)23(29-7-2)14-25(21)32-24;1-5-26-16-7-10-19-22(13-16)30-23-14-17(27(3)4)8-11-20(23)24(19)18-9-6-15(2)12-21(18)25(28)29;2*1-11-2-5-14(17(8-11)21(24)25)20-15-6-3-12(22)9-18(15)26-19-10-13(23)4-7-16(19)20/h8-14,28H,6-7H2,1-5H3,(H,30,31);6-14H,5H2,1-4H3,(H,28,29);2-10,22H,23H2,1H3,(H,24,25);2-10,22H,1H3,(H,24,25)/p-4. The number of nitrogens with two attached hydrogens (primary N) is 1. The van der Waals surface area contributed by atoms with Crippen LogP contribution in [0.5, 0.6) is 5.75 Å². The Bertz CT molecular complexity index is 6510. The Morgan fingerprint density at radius 2 is 0.877 bits per heavy atom. The smallest absolute Gasteiger partial charge is 0.336 e. The molecule has 0 aromatic heterocycles. The lowest BCUT2D eigenvalue weighted by molar-refractivity contribution is -0.268. The summed E-state index contributed by atoms with van der Waals surface area (Å²) >= 11 is 0. The van der Waals surface area contributed by atoms with Gasteiger partial charge in [0.1, 0.15) is 45.4 Å². The van der Waals surface area contributed by atoms with Crippen molar-refractivity contribution in [3.63, 3.8) is 0 Å². The zero-order chi connectivity index (χ0) is 81.2. The van der Waals surface area contributed by atoms with Crippen LogP contribution in [0.4, 0.5) is 17.1 Å². The number of carboxylic acids is 4. The maximum atomic E-state index is 12.1. The maximum absolute atomic E-state index is 12.1. The molecule has 0 spiro atoms. The van der Waals surface area contributed by atoms with E-state index in [1.165, 1.54) is 24.3 Å². The number of anilines is 3. The van der Waals surface area contributed by atoms with Crippen LogP contribution in [-0.2, 0) is 0 Å². The number of nitrogens with zero attached hydrogens (tertiary/aromatic N) is 3. The third-order valence-corrected chi connectivity index (χ3v) is 19.7. The van der Waals surface area contributed by atoms with Crippen molar-refractivity contribution in [3.8, 4) is 95.6 Å². The van der Waals surface area contributed by atoms with Gasteiger partial charge in [-0.05, 0) is 199 Å². The van der Waals surface area contributed by atoms with E-state index in [2.05, 4.69) is 21.4 Å². The Morgan fingerprint density at radius 1 is 0.439 bits per heavy atom. The maximum Gasteiger partial charge on any atom is 0.336 e. The first-order valence-corrected chi connectivity index (χ1v) is 36.8. The van der Waals surface area contributed by atoms with Gasteiger partial charge in [-0.3, -0.25) is 14.8 Å². The molecule has 5 N–H and O–H groups in total. The molecule has 0 unspecified atom stereocenters. The van der Waals surface area contributed by atoms with Gasteiger partial charge in [-0.25, -0.2) is 4.79 Å². The summed E-state index contributed by atoms with van der Waals surface area (Å²) < 4.78 is 24.3. The van der Waals surface area contributed by atoms with E-state index in [9.17, 15) is 49.5 Å². The van der Waals surface area contributed by atoms with Crippen LogP contribution in [0.3, 0.4) is 0 Å². The molecule has 4 heterocycles. The van der Waals surface area contributed by atoms with Crippen molar-refractivity contribution in [2.45, 2.75) is 62.3 Å². The lowest BCUT2D eigenvalue weighted by atomic mass is 9.88. The number of carbonyl (C=O) groups excluding carboxylic acids is 3. The van der Waals surface area contributed by atoms with E-state index in [-0.39, 0.29) is 33.4 Å². The third kappa shape index (κ3) is 15.7. The molecule has 16 rings (SSSR count). The first-order chi connectivity index (χ1) is 54.6. The van der Waals surface area contributed by atoms with Gasteiger partial charge in [0.15, 0.2) is 5.43 Å². The van der Waals surface area contributed by atoms with Gasteiger partial charge in [0.2, 0.25) is 0 Å². The van der Waals surface area contributed by atoms with E-state index in [1.807, 2.05) is 178 Å². The van der Waals surface area contributed by atoms with Crippen LogP contribution >= 0.6 is 0 Å². The van der Waals surface area contributed by atoms with Gasteiger partial charge >= 0.3 is 5.97 Å². The molecule has 114 heavy (non-hydrogen) atoms. The molecule has 0 saturated heterocycles. The first-order valence-electron chi connectivity index (χ1n) is 36.8. The fourth-order valence-corrected chi connectivity index (χ4v) is 14.4. The predicted molar refractivity (Wildman–Crippen MR) is 438 cm³/mol. The van der Waals surface area contributed by atoms with Crippen LogP contribution in [0.1, 0.15) is 95.6 Å². The van der Waals surface area contributed by atoms with Crippen molar-refractivity contribution in [1.29, 1.82) is 5.41 Å². The Hall–Kier alpha value is -14.4. The third-order valence-electron chi connectivity index (χ3n) is 19.7. The summed E-state index contributed by atoms with van der Waals surface area (Å²) in [6, 6.07) is 60.0. The van der Waals surface area contributed by atoms with Crippen molar-refractivity contribution in [3.05, 3.63) is 288 Å². The number of nitrogen functional groups attached to an aromatic ring is 1. The number of carbonyl (C=O) groups is 4. The van der Waals surface area contributed by atoms with Gasteiger partial charge in [0.05, 0.1) is 39.5 Å². The fourth-order valence-electron chi connectivity index (χ4n) is 14.4. The molecule has 8 aromatic rings. The van der Waals surface area contributed by atoms with E-state index in [0.717, 1.165) is 112 Å². The van der Waals surface area contributed by atoms with Gasteiger partial charge in [-0.15, -0.1) is 5.75 Å². The number of aromatic carboxylic acids is 4. The highest BCUT2D eigenvalue weighted by atomic mass is 16.4. The minimum absolute atomic E-state index is 0.116. The van der Waals surface area contributed by atoms with Crippen LogP contribution in [0.2, 0.25) is 0 Å². The van der Waals surface area contributed by atoms with Gasteiger partial charge in [0, 0.05) is 176 Å². The second kappa shape index (κ2) is 32.3. The Morgan fingerprint density at radius 3 is 1.39 bits per heavy atom. The first kappa shape index (κ1) is 77.7. The predicted octanol–water partition coefficient (Wildman–Crippen LogP) is 15.3. The highest BCUT2D eigenvalue weighted by molar-refractivity contribution is 6.12. The lowest BCUT2D eigenvalue weighted by Crippen LogP contribution is -2.23. The molecule has 0 atom stereocenters. The van der Waals surface area contributed by atoms with Crippen LogP contribution in [-0.4, -0.2) is 62.7 Å². The average Bonchev–Trinajstić information content (AvgIpc) is 0.751. The van der Waals surface area contributed by atoms with Gasteiger partial charge < -0.3 is 78.9 Å². The number of hydrogen-bond donors (Lipinski definition) is 4. The monoisotopic (exact) mass is 1510 g/mol. The van der Waals surface area contributed by atoms with Crippen LogP contribution in [0.15, 0.2) is 239 Å². The Kier molecular flexibility index (Phi) is 22.0. The lowest BCUT2D eigenvalue weighted by Gasteiger charge is -2.20. The number of aryl methyl sites for hydroxylation is 6. The molecule has 8 aliphatic rings. The van der Waals surface area contributed by atoms with E-state index in [1.54, 1.807) is 78.9 Å². The molecule has 4 aliphatic heterocycles. The molecule has 8 aromatic carbocycles. The summed E-state index contributed by atoms with van der Waals surface area (Å²) in [6.07, 6.45) is 0. The Balaban J connectivity index is 0.000000133. The van der Waals surface area contributed by atoms with Crippen molar-refractivity contribution in [2.24, 2.45) is 9.98 Å². The summed E-state index contributed by atoms with van der Waals surface area (Å²) in [4.78, 5) is 70.4. The van der Waals surface area contributed by atoms with Gasteiger partial charge in [0.25, 0.3) is 0 Å². The molecular formula is C94H78N6O14-4. The minimum atomic E-state index is -1.24. The van der Waals surface area contributed by atoms with Crippen molar-refractivity contribution >= 4 is 84.8 Å². The zero-order valence-electron chi connectivity index (χ0n) is 64.4. The molecule has 0 saturated carbocycles. The number of rotatable bonds is 13. The van der Waals surface area contributed by atoms with Crippen LogP contribution in [0.25, 0.3) is 134 Å². The number of hydrogen-bond acceptors (Lipinski definition) is 19. The largest absolute Gasteiger partial charge is 0.872 e. The average molecular weight is 1520 g/mol. The van der Waals surface area contributed by atoms with E-state index < -0.39 is 23.9 Å². The number of carboxylic acid groups (broad SMARTS) is 4. The second-order valence-electron chi connectivity index (χ2n) is 28.1. The molecular weight excluding hydrogens is 1440 g/mol. The van der Waals surface area contributed by atoms with E-state index in [0.29, 0.717) is 108 Å². The highest BCUT2D eigenvalue weighted by Gasteiger charge is 2.27. The van der Waals surface area contributed by atoms with Crippen molar-refractivity contribution in [2.75, 3.05) is 49.7 Å². The second-order valence-corrected chi connectivity index (χ2v) is 28.1. The molecule has 20 nitrogen and oxygen atoms in total. The zero-order valence-corrected chi connectivity index (χ0v) is 64.4. The van der Waals surface area contributed by atoms with E-state index in [4.69, 9.17) is 28.8 Å². The summed E-state index contributed by atoms with van der Waals surface area (Å²) in [7, 11) is 3.94. The number of fused-ring (bicyclic) bond motifs is 8. The number of benzene rings is 12.